The molecule has 3 rings (SSSR count). The molecule has 0 bridgehead atoms. The van der Waals surface area contributed by atoms with Crippen molar-refractivity contribution in [3.05, 3.63) is 18.0 Å². The number of nitrogens with one attached hydrogen (secondary N) is 2. The van der Waals surface area contributed by atoms with E-state index in [1.165, 1.54) is 32.1 Å². The minimum atomic E-state index is -3.87. The maximum absolute atomic E-state index is 12.0. The topological polar surface area (TPSA) is 164 Å². The molecule has 0 radical (unpaired) electrons. The summed E-state index contributed by atoms with van der Waals surface area (Å²) in [6.45, 7) is -0.200. The highest BCUT2D eigenvalue weighted by atomic mass is 32.2. The van der Waals surface area contributed by atoms with Gasteiger partial charge in [-0.25, -0.2) is 23.2 Å². The zero-order valence-corrected chi connectivity index (χ0v) is 16.9. The van der Waals surface area contributed by atoms with E-state index in [0.717, 1.165) is 25.1 Å². The van der Waals surface area contributed by atoms with Crippen LogP contribution in [-0.2, 0) is 21.4 Å². The van der Waals surface area contributed by atoms with E-state index in [4.69, 9.17) is 4.52 Å². The molecular formula is C17H26N6O5S. The van der Waals surface area contributed by atoms with Crippen molar-refractivity contribution >= 4 is 16.0 Å². The van der Waals surface area contributed by atoms with E-state index in [1.807, 2.05) is 0 Å². The van der Waals surface area contributed by atoms with E-state index >= 15 is 0 Å². The summed E-state index contributed by atoms with van der Waals surface area (Å²) in [4.78, 5) is 19.0. The molecule has 12 heteroatoms. The molecule has 0 spiro atoms. The standard InChI is InChI=1S/C17H26N6O5S/c24-15(25)9-13(8-4-7-12-5-2-1-3-6-12)16-21-14(23-28-16)10-20-29(26,27)17-18-11-19-22-17/h11-13,20H,1-10H2,(H,24,25)(H,18,19,22). The molecule has 2 aromatic rings. The van der Waals surface area contributed by atoms with Crippen LogP contribution in [0, 0.1) is 5.92 Å². The predicted octanol–water partition coefficient (Wildman–Crippen LogP) is 1.98. The van der Waals surface area contributed by atoms with Gasteiger partial charge in [-0.15, -0.1) is 0 Å². The van der Waals surface area contributed by atoms with Gasteiger partial charge in [0.05, 0.1) is 13.0 Å². The van der Waals surface area contributed by atoms with E-state index in [1.54, 1.807) is 0 Å². The van der Waals surface area contributed by atoms with Gasteiger partial charge in [0.25, 0.3) is 15.2 Å². The molecule has 1 atom stereocenters. The first-order valence-corrected chi connectivity index (χ1v) is 11.3. The third-order valence-electron chi connectivity index (χ3n) is 5.21. The minimum Gasteiger partial charge on any atom is -0.481 e. The molecule has 11 nitrogen and oxygen atoms in total. The van der Waals surface area contributed by atoms with Gasteiger partial charge in [0, 0.05) is 5.92 Å². The number of hydrogen-bond acceptors (Lipinski definition) is 8. The summed E-state index contributed by atoms with van der Waals surface area (Å²) in [5, 5.41) is 18.4. The molecule has 0 aromatic carbocycles. The molecule has 2 aromatic heterocycles. The first kappa shape index (κ1) is 21.4. The molecule has 1 aliphatic rings. The van der Waals surface area contributed by atoms with Gasteiger partial charge in [-0.3, -0.25) is 4.79 Å². The lowest BCUT2D eigenvalue weighted by atomic mass is 9.84. The van der Waals surface area contributed by atoms with Crippen LogP contribution in [0.3, 0.4) is 0 Å². The summed E-state index contributed by atoms with van der Waals surface area (Å²) in [6, 6.07) is 0. The van der Waals surface area contributed by atoms with Crippen LogP contribution in [0.15, 0.2) is 16.0 Å². The Morgan fingerprint density at radius 3 is 2.83 bits per heavy atom. The van der Waals surface area contributed by atoms with Crippen LogP contribution >= 0.6 is 0 Å². The zero-order chi connectivity index (χ0) is 20.7. The molecule has 0 aliphatic heterocycles. The third kappa shape index (κ3) is 6.32. The first-order valence-electron chi connectivity index (χ1n) is 9.83. The van der Waals surface area contributed by atoms with Crippen LogP contribution in [0.2, 0.25) is 0 Å². The van der Waals surface area contributed by atoms with Crippen molar-refractivity contribution in [2.45, 2.75) is 75.4 Å². The van der Waals surface area contributed by atoms with Gasteiger partial charge in [-0.2, -0.15) is 10.1 Å². The number of rotatable bonds is 11. The average Bonchev–Trinajstić information content (AvgIpc) is 3.39. The molecule has 0 saturated heterocycles. The highest BCUT2D eigenvalue weighted by molar-refractivity contribution is 7.89. The lowest BCUT2D eigenvalue weighted by Gasteiger charge is -2.21. The Hall–Kier alpha value is -2.34. The maximum atomic E-state index is 12.0. The Balaban J connectivity index is 1.55. The lowest BCUT2D eigenvalue weighted by Crippen LogP contribution is -2.25. The molecule has 29 heavy (non-hydrogen) atoms. The second-order valence-electron chi connectivity index (χ2n) is 7.39. The van der Waals surface area contributed by atoms with Crippen molar-refractivity contribution < 1.29 is 22.8 Å². The Bertz CT molecular complexity index is 876. The van der Waals surface area contributed by atoms with Gasteiger partial charge in [-0.05, 0) is 12.3 Å². The van der Waals surface area contributed by atoms with Gasteiger partial charge in [0.1, 0.15) is 6.33 Å². The highest BCUT2D eigenvalue weighted by Gasteiger charge is 2.24. The van der Waals surface area contributed by atoms with Crippen molar-refractivity contribution in [3.63, 3.8) is 0 Å². The number of H-pyrrole nitrogens is 1. The molecule has 1 fully saturated rings. The third-order valence-corrected chi connectivity index (χ3v) is 6.44. The SMILES string of the molecule is O=C(O)CC(CCCC1CCCCC1)c1nc(CNS(=O)(=O)c2ncn[nH]2)no1. The Kier molecular flexibility index (Phi) is 7.31. The van der Waals surface area contributed by atoms with Gasteiger partial charge < -0.3 is 9.63 Å². The number of aromatic nitrogens is 5. The molecule has 0 amide bonds. The van der Waals surface area contributed by atoms with Crippen molar-refractivity contribution in [3.8, 4) is 0 Å². The Labute approximate surface area is 168 Å². The second-order valence-corrected chi connectivity index (χ2v) is 9.08. The summed E-state index contributed by atoms with van der Waals surface area (Å²) < 4.78 is 31.6. The monoisotopic (exact) mass is 426 g/mol. The number of hydrogen-bond donors (Lipinski definition) is 3. The van der Waals surface area contributed by atoms with Crippen LogP contribution < -0.4 is 4.72 Å². The van der Waals surface area contributed by atoms with Crippen molar-refractivity contribution in [2.75, 3.05) is 0 Å². The van der Waals surface area contributed by atoms with Crippen molar-refractivity contribution in [1.29, 1.82) is 0 Å². The molecule has 160 valence electrons. The molecule has 1 unspecified atom stereocenters. The molecule has 1 aliphatic carbocycles. The van der Waals surface area contributed by atoms with Crippen LogP contribution in [0.1, 0.15) is 75.4 Å². The Morgan fingerprint density at radius 1 is 1.34 bits per heavy atom. The number of carboxylic acids is 1. The number of carbonyl (C=O) groups is 1. The van der Waals surface area contributed by atoms with Gasteiger partial charge in [0.15, 0.2) is 5.82 Å². The molecular weight excluding hydrogens is 400 g/mol. The predicted molar refractivity (Wildman–Crippen MR) is 100 cm³/mol. The number of sulfonamides is 1. The number of carboxylic acid groups (broad SMARTS) is 1. The fourth-order valence-corrected chi connectivity index (χ4v) is 4.52. The summed E-state index contributed by atoms with van der Waals surface area (Å²) in [5.41, 5.74) is 0. The Morgan fingerprint density at radius 2 is 2.14 bits per heavy atom. The van der Waals surface area contributed by atoms with Crippen LogP contribution in [0.4, 0.5) is 0 Å². The van der Waals surface area contributed by atoms with Gasteiger partial charge in [-0.1, -0.05) is 50.1 Å². The van der Waals surface area contributed by atoms with Crippen molar-refractivity contribution in [2.24, 2.45) is 5.92 Å². The summed E-state index contributed by atoms with van der Waals surface area (Å²) in [7, 11) is -3.87. The van der Waals surface area contributed by atoms with E-state index in [0.29, 0.717) is 6.42 Å². The van der Waals surface area contributed by atoms with Crippen LogP contribution in [0.25, 0.3) is 0 Å². The molecule has 1 saturated carbocycles. The van der Waals surface area contributed by atoms with Crippen molar-refractivity contribution in [1.82, 2.24) is 30.0 Å². The minimum absolute atomic E-state index is 0.101. The number of aliphatic carboxylic acids is 1. The lowest BCUT2D eigenvalue weighted by molar-refractivity contribution is -0.137. The first-order chi connectivity index (χ1) is 13.9. The fourth-order valence-electron chi connectivity index (χ4n) is 3.71. The van der Waals surface area contributed by atoms with E-state index in [9.17, 15) is 18.3 Å². The quantitative estimate of drug-likeness (QED) is 0.487. The summed E-state index contributed by atoms with van der Waals surface area (Å²) >= 11 is 0. The van der Waals surface area contributed by atoms with Gasteiger partial charge >= 0.3 is 5.97 Å². The van der Waals surface area contributed by atoms with E-state index in [-0.39, 0.29) is 35.8 Å². The van der Waals surface area contributed by atoms with Crippen LogP contribution in [-0.4, -0.2) is 44.8 Å². The molecule has 3 N–H and O–H groups in total. The number of nitrogens with zero attached hydrogens (tertiary/aromatic N) is 4. The number of aromatic amines is 1. The normalized spacial score (nSPS) is 16.7. The summed E-state index contributed by atoms with van der Waals surface area (Å²) in [5.74, 6) is -0.240. The highest BCUT2D eigenvalue weighted by Crippen LogP contribution is 2.31. The van der Waals surface area contributed by atoms with E-state index < -0.39 is 16.0 Å². The largest absolute Gasteiger partial charge is 0.481 e. The van der Waals surface area contributed by atoms with Gasteiger partial charge in [0.2, 0.25) is 5.89 Å². The van der Waals surface area contributed by atoms with Crippen LogP contribution in [0.5, 0.6) is 0 Å². The maximum Gasteiger partial charge on any atom is 0.304 e. The summed E-state index contributed by atoms with van der Waals surface area (Å²) in [6.07, 6.45) is 9.98. The fraction of sp³-hybridized carbons (Fsp3) is 0.706. The zero-order valence-electron chi connectivity index (χ0n) is 16.1. The van der Waals surface area contributed by atoms with E-state index in [2.05, 4.69) is 30.0 Å². The second kappa shape index (κ2) is 9.92. The molecule has 2 heterocycles. The average molecular weight is 426 g/mol. The smallest absolute Gasteiger partial charge is 0.304 e.